The normalized spacial score (nSPS) is 17.3. The van der Waals surface area contributed by atoms with Crippen LogP contribution in [0.1, 0.15) is 36.5 Å². The Kier molecular flexibility index (Phi) is 4.95. The molecule has 0 bridgehead atoms. The van der Waals surface area contributed by atoms with Crippen molar-refractivity contribution in [3.63, 3.8) is 0 Å². The van der Waals surface area contributed by atoms with Gasteiger partial charge in [0.2, 0.25) is 0 Å². The SMILES string of the molecule is Cc1cc(C#N)ccc1CNC(C)CN1CCCC1. The van der Waals surface area contributed by atoms with E-state index < -0.39 is 0 Å². The average molecular weight is 257 g/mol. The second-order valence-electron chi connectivity index (χ2n) is 5.54. The molecule has 3 heteroatoms. The summed E-state index contributed by atoms with van der Waals surface area (Å²) in [5.74, 6) is 0. The van der Waals surface area contributed by atoms with Gasteiger partial charge in [-0.2, -0.15) is 5.26 Å². The number of nitrogens with one attached hydrogen (secondary N) is 1. The van der Waals surface area contributed by atoms with E-state index in [0.29, 0.717) is 6.04 Å². The van der Waals surface area contributed by atoms with Crippen molar-refractivity contribution >= 4 is 0 Å². The van der Waals surface area contributed by atoms with Crippen LogP contribution >= 0.6 is 0 Å². The summed E-state index contributed by atoms with van der Waals surface area (Å²) >= 11 is 0. The second-order valence-corrected chi connectivity index (χ2v) is 5.54. The molecule has 0 radical (unpaired) electrons. The van der Waals surface area contributed by atoms with E-state index in [1.165, 1.54) is 37.1 Å². The molecular formula is C16H23N3. The monoisotopic (exact) mass is 257 g/mol. The van der Waals surface area contributed by atoms with Crippen molar-refractivity contribution in [2.24, 2.45) is 0 Å². The maximum atomic E-state index is 8.86. The number of aryl methyl sites for hydroxylation is 1. The fourth-order valence-electron chi connectivity index (χ4n) is 2.67. The van der Waals surface area contributed by atoms with E-state index in [1.807, 2.05) is 12.1 Å². The van der Waals surface area contributed by atoms with Gasteiger partial charge in [-0.1, -0.05) is 6.07 Å². The fraction of sp³-hybridized carbons (Fsp3) is 0.562. The zero-order valence-corrected chi connectivity index (χ0v) is 11.9. The van der Waals surface area contributed by atoms with Gasteiger partial charge in [-0.3, -0.25) is 0 Å². The van der Waals surface area contributed by atoms with Gasteiger partial charge in [0.15, 0.2) is 0 Å². The van der Waals surface area contributed by atoms with Gasteiger partial charge in [0.1, 0.15) is 0 Å². The molecule has 0 saturated carbocycles. The molecule has 0 aliphatic carbocycles. The van der Waals surface area contributed by atoms with Crippen molar-refractivity contribution in [2.75, 3.05) is 19.6 Å². The van der Waals surface area contributed by atoms with Crippen LogP contribution in [0.2, 0.25) is 0 Å². The van der Waals surface area contributed by atoms with Crippen LogP contribution in [0, 0.1) is 18.3 Å². The van der Waals surface area contributed by atoms with Crippen molar-refractivity contribution in [2.45, 2.75) is 39.3 Å². The van der Waals surface area contributed by atoms with Crippen LogP contribution in [0.3, 0.4) is 0 Å². The van der Waals surface area contributed by atoms with Crippen LogP contribution in [-0.4, -0.2) is 30.6 Å². The van der Waals surface area contributed by atoms with Gasteiger partial charge in [0.25, 0.3) is 0 Å². The van der Waals surface area contributed by atoms with Gasteiger partial charge in [-0.25, -0.2) is 0 Å². The van der Waals surface area contributed by atoms with Gasteiger partial charge < -0.3 is 10.2 Å². The first-order chi connectivity index (χ1) is 9.19. The molecule has 1 aliphatic heterocycles. The van der Waals surface area contributed by atoms with Crippen molar-refractivity contribution in [3.05, 3.63) is 34.9 Å². The van der Waals surface area contributed by atoms with Gasteiger partial charge in [-0.05, 0) is 63.0 Å². The van der Waals surface area contributed by atoms with E-state index in [9.17, 15) is 0 Å². The molecule has 1 aliphatic rings. The summed E-state index contributed by atoms with van der Waals surface area (Å²) < 4.78 is 0. The standard InChI is InChI=1S/C16H23N3/c1-13-9-15(10-17)5-6-16(13)11-18-14(2)12-19-7-3-4-8-19/h5-6,9,14,18H,3-4,7-8,11-12H2,1-2H3. The van der Waals surface area contributed by atoms with Gasteiger partial charge >= 0.3 is 0 Å². The Morgan fingerprint density at radius 2 is 2.11 bits per heavy atom. The van der Waals surface area contributed by atoms with E-state index >= 15 is 0 Å². The molecule has 0 spiro atoms. The molecule has 3 nitrogen and oxygen atoms in total. The molecule has 19 heavy (non-hydrogen) atoms. The molecule has 2 rings (SSSR count). The lowest BCUT2D eigenvalue weighted by atomic mass is 10.1. The Bertz CT molecular complexity index is 456. The predicted molar refractivity (Wildman–Crippen MR) is 77.9 cm³/mol. The summed E-state index contributed by atoms with van der Waals surface area (Å²) in [4.78, 5) is 2.53. The fourth-order valence-corrected chi connectivity index (χ4v) is 2.67. The Balaban J connectivity index is 1.82. The summed E-state index contributed by atoms with van der Waals surface area (Å²) in [5, 5.41) is 12.4. The molecule has 1 N–H and O–H groups in total. The van der Waals surface area contributed by atoms with Crippen LogP contribution in [0.4, 0.5) is 0 Å². The zero-order valence-electron chi connectivity index (χ0n) is 11.9. The van der Waals surface area contributed by atoms with Crippen LogP contribution in [-0.2, 0) is 6.54 Å². The highest BCUT2D eigenvalue weighted by atomic mass is 15.2. The smallest absolute Gasteiger partial charge is 0.0991 e. The molecule has 0 amide bonds. The minimum absolute atomic E-state index is 0.508. The molecule has 0 aromatic heterocycles. The number of nitriles is 1. The molecule has 1 aromatic carbocycles. The number of nitrogens with zero attached hydrogens (tertiary/aromatic N) is 2. The number of hydrogen-bond acceptors (Lipinski definition) is 3. The number of rotatable bonds is 5. The highest BCUT2D eigenvalue weighted by Crippen LogP contribution is 2.11. The molecule has 102 valence electrons. The Morgan fingerprint density at radius 1 is 1.37 bits per heavy atom. The van der Waals surface area contributed by atoms with Gasteiger partial charge in [0.05, 0.1) is 11.6 Å². The Hall–Kier alpha value is -1.37. The van der Waals surface area contributed by atoms with E-state index in [0.717, 1.165) is 18.7 Å². The lowest BCUT2D eigenvalue weighted by molar-refractivity contribution is 0.298. The van der Waals surface area contributed by atoms with Crippen molar-refractivity contribution in [1.29, 1.82) is 5.26 Å². The van der Waals surface area contributed by atoms with Crippen LogP contribution in [0.15, 0.2) is 18.2 Å². The highest BCUT2D eigenvalue weighted by Gasteiger charge is 2.14. The maximum absolute atomic E-state index is 8.86. The third kappa shape index (κ3) is 4.05. The number of benzene rings is 1. The maximum Gasteiger partial charge on any atom is 0.0991 e. The van der Waals surface area contributed by atoms with E-state index in [2.05, 4.69) is 36.2 Å². The molecular weight excluding hydrogens is 234 g/mol. The third-order valence-corrected chi connectivity index (χ3v) is 3.84. The largest absolute Gasteiger partial charge is 0.309 e. The van der Waals surface area contributed by atoms with Crippen LogP contribution < -0.4 is 5.32 Å². The van der Waals surface area contributed by atoms with Gasteiger partial charge in [0, 0.05) is 19.1 Å². The molecule has 1 aromatic rings. The first-order valence-electron chi connectivity index (χ1n) is 7.14. The number of likely N-dealkylation sites (tertiary alicyclic amines) is 1. The van der Waals surface area contributed by atoms with Crippen molar-refractivity contribution in [1.82, 2.24) is 10.2 Å². The summed E-state index contributed by atoms with van der Waals surface area (Å²) in [5.41, 5.74) is 3.22. The lowest BCUT2D eigenvalue weighted by Crippen LogP contribution is -2.37. The minimum Gasteiger partial charge on any atom is -0.309 e. The molecule has 1 atom stereocenters. The molecule has 1 unspecified atom stereocenters. The first kappa shape index (κ1) is 14.0. The van der Waals surface area contributed by atoms with Gasteiger partial charge in [-0.15, -0.1) is 0 Å². The Morgan fingerprint density at radius 3 is 2.74 bits per heavy atom. The summed E-state index contributed by atoms with van der Waals surface area (Å²) in [6, 6.07) is 8.61. The van der Waals surface area contributed by atoms with Crippen LogP contribution in [0.25, 0.3) is 0 Å². The first-order valence-corrected chi connectivity index (χ1v) is 7.14. The third-order valence-electron chi connectivity index (χ3n) is 3.84. The highest BCUT2D eigenvalue weighted by molar-refractivity contribution is 5.37. The summed E-state index contributed by atoms with van der Waals surface area (Å²) in [6.45, 7) is 8.84. The minimum atomic E-state index is 0.508. The summed E-state index contributed by atoms with van der Waals surface area (Å²) in [7, 11) is 0. The topological polar surface area (TPSA) is 39.1 Å². The predicted octanol–water partition coefficient (Wildman–Crippen LogP) is 2.44. The molecule has 1 fully saturated rings. The molecule has 1 saturated heterocycles. The van der Waals surface area contributed by atoms with Crippen LogP contribution in [0.5, 0.6) is 0 Å². The van der Waals surface area contributed by atoms with E-state index in [1.54, 1.807) is 0 Å². The Labute approximate surface area is 116 Å². The quantitative estimate of drug-likeness (QED) is 0.880. The average Bonchev–Trinajstić information content (AvgIpc) is 2.90. The van der Waals surface area contributed by atoms with Crippen molar-refractivity contribution in [3.8, 4) is 6.07 Å². The van der Waals surface area contributed by atoms with Crippen molar-refractivity contribution < 1.29 is 0 Å². The zero-order chi connectivity index (χ0) is 13.7. The lowest BCUT2D eigenvalue weighted by Gasteiger charge is -2.21. The number of hydrogen-bond donors (Lipinski definition) is 1. The second kappa shape index (κ2) is 6.70. The molecule has 1 heterocycles. The summed E-state index contributed by atoms with van der Waals surface area (Å²) in [6.07, 6.45) is 2.70. The van der Waals surface area contributed by atoms with E-state index in [-0.39, 0.29) is 0 Å². The van der Waals surface area contributed by atoms with E-state index in [4.69, 9.17) is 5.26 Å².